The van der Waals surface area contributed by atoms with Crippen molar-refractivity contribution in [2.75, 3.05) is 45.7 Å². The van der Waals surface area contributed by atoms with Crippen LogP contribution in [0.1, 0.15) is 5.69 Å². The lowest BCUT2D eigenvalue weighted by Gasteiger charge is -2.16. The maximum Gasteiger partial charge on any atom is 0.142 e. The van der Waals surface area contributed by atoms with Crippen molar-refractivity contribution in [3.05, 3.63) is 23.9 Å². The molecule has 0 fully saturated rings. The van der Waals surface area contributed by atoms with Gasteiger partial charge in [-0.15, -0.1) is 0 Å². The number of likely N-dealkylation sites (N-methyl/N-ethyl adjacent to an activating group) is 1. The van der Waals surface area contributed by atoms with Gasteiger partial charge in [0.25, 0.3) is 0 Å². The summed E-state index contributed by atoms with van der Waals surface area (Å²) in [5.74, 6) is 0.740. The SMILES string of the molecule is COCCN(C)CCNc1cccc(C#N)n1. The maximum absolute atomic E-state index is 8.71. The predicted molar refractivity (Wildman–Crippen MR) is 66.8 cm³/mol. The first kappa shape index (κ1) is 13.4. The zero-order chi connectivity index (χ0) is 12.5. The minimum Gasteiger partial charge on any atom is -0.383 e. The Morgan fingerprint density at radius 3 is 3.00 bits per heavy atom. The van der Waals surface area contributed by atoms with Crippen LogP contribution in [0.2, 0.25) is 0 Å². The van der Waals surface area contributed by atoms with Crippen molar-refractivity contribution in [3.63, 3.8) is 0 Å². The Bertz CT molecular complexity index is 375. The minimum atomic E-state index is 0.433. The van der Waals surface area contributed by atoms with E-state index < -0.39 is 0 Å². The normalized spacial score (nSPS) is 10.2. The fourth-order valence-corrected chi connectivity index (χ4v) is 1.33. The van der Waals surface area contributed by atoms with Crippen LogP contribution in [0.3, 0.4) is 0 Å². The van der Waals surface area contributed by atoms with Gasteiger partial charge in [0.15, 0.2) is 0 Å². The Morgan fingerprint density at radius 1 is 1.47 bits per heavy atom. The van der Waals surface area contributed by atoms with E-state index in [2.05, 4.69) is 15.2 Å². The van der Waals surface area contributed by atoms with E-state index in [1.165, 1.54) is 0 Å². The fourth-order valence-electron chi connectivity index (χ4n) is 1.33. The van der Waals surface area contributed by atoms with Crippen molar-refractivity contribution in [2.45, 2.75) is 0 Å². The van der Waals surface area contributed by atoms with Gasteiger partial charge in [-0.2, -0.15) is 5.26 Å². The Hall–Kier alpha value is -1.64. The highest BCUT2D eigenvalue weighted by Gasteiger charge is 1.99. The molecule has 1 N–H and O–H groups in total. The molecule has 1 aromatic rings. The van der Waals surface area contributed by atoms with Gasteiger partial charge in [-0.05, 0) is 19.2 Å². The first-order valence-corrected chi connectivity index (χ1v) is 5.54. The molecule has 0 amide bonds. The number of hydrogen-bond acceptors (Lipinski definition) is 5. The number of rotatable bonds is 7. The van der Waals surface area contributed by atoms with Crippen molar-refractivity contribution in [1.29, 1.82) is 5.26 Å². The molecule has 1 rings (SSSR count). The van der Waals surface area contributed by atoms with Crippen molar-refractivity contribution in [1.82, 2.24) is 9.88 Å². The molecule has 1 heterocycles. The molecule has 0 saturated carbocycles. The van der Waals surface area contributed by atoms with Crippen LogP contribution in [0.5, 0.6) is 0 Å². The molecule has 1 aromatic heterocycles. The third-order valence-corrected chi connectivity index (χ3v) is 2.34. The van der Waals surface area contributed by atoms with Gasteiger partial charge < -0.3 is 15.0 Å². The zero-order valence-electron chi connectivity index (χ0n) is 10.3. The minimum absolute atomic E-state index is 0.433. The molecule has 0 atom stereocenters. The molecule has 0 spiro atoms. The molecule has 0 radical (unpaired) electrons. The average Bonchev–Trinajstić information content (AvgIpc) is 2.36. The molecule has 92 valence electrons. The summed E-state index contributed by atoms with van der Waals surface area (Å²) >= 11 is 0. The number of ether oxygens (including phenoxy) is 1. The van der Waals surface area contributed by atoms with Gasteiger partial charge in [0.1, 0.15) is 17.6 Å². The first-order chi connectivity index (χ1) is 8.26. The number of methoxy groups -OCH3 is 1. The molecule has 0 aliphatic carbocycles. The van der Waals surface area contributed by atoms with Gasteiger partial charge >= 0.3 is 0 Å². The first-order valence-electron chi connectivity index (χ1n) is 5.54. The monoisotopic (exact) mass is 234 g/mol. The van der Waals surface area contributed by atoms with Gasteiger partial charge in [0.05, 0.1) is 6.61 Å². The van der Waals surface area contributed by atoms with Crippen LogP contribution in [-0.2, 0) is 4.74 Å². The van der Waals surface area contributed by atoms with Gasteiger partial charge in [-0.25, -0.2) is 4.98 Å². The molecule has 0 aliphatic rings. The largest absolute Gasteiger partial charge is 0.383 e. The predicted octanol–water partition coefficient (Wildman–Crippen LogP) is 0.943. The summed E-state index contributed by atoms with van der Waals surface area (Å²) in [6.07, 6.45) is 0. The van der Waals surface area contributed by atoms with Crippen molar-refractivity contribution in [3.8, 4) is 6.07 Å². The lowest BCUT2D eigenvalue weighted by Crippen LogP contribution is -2.28. The lowest BCUT2D eigenvalue weighted by molar-refractivity contribution is 0.163. The number of anilines is 1. The van der Waals surface area contributed by atoms with Crippen molar-refractivity contribution in [2.24, 2.45) is 0 Å². The number of pyridine rings is 1. The Balaban J connectivity index is 2.28. The van der Waals surface area contributed by atoms with Crippen LogP contribution in [-0.4, -0.2) is 50.3 Å². The highest BCUT2D eigenvalue weighted by atomic mass is 16.5. The number of aromatic nitrogens is 1. The topological polar surface area (TPSA) is 61.2 Å². The van der Waals surface area contributed by atoms with E-state index in [0.717, 1.165) is 32.1 Å². The van der Waals surface area contributed by atoms with Crippen molar-refractivity contribution >= 4 is 5.82 Å². The fraction of sp³-hybridized carbons (Fsp3) is 0.500. The van der Waals surface area contributed by atoms with Crippen LogP contribution in [0, 0.1) is 11.3 Å². The quantitative estimate of drug-likeness (QED) is 0.761. The van der Waals surface area contributed by atoms with Crippen LogP contribution >= 0.6 is 0 Å². The second kappa shape index (κ2) is 7.60. The highest BCUT2D eigenvalue weighted by Crippen LogP contribution is 2.03. The molecule has 0 aliphatic heterocycles. The van der Waals surface area contributed by atoms with E-state index >= 15 is 0 Å². The lowest BCUT2D eigenvalue weighted by atomic mass is 10.3. The van der Waals surface area contributed by atoms with E-state index in [1.54, 1.807) is 13.2 Å². The van der Waals surface area contributed by atoms with E-state index in [9.17, 15) is 0 Å². The number of nitriles is 1. The van der Waals surface area contributed by atoms with E-state index in [-0.39, 0.29) is 0 Å². The van der Waals surface area contributed by atoms with E-state index in [1.807, 2.05) is 25.2 Å². The van der Waals surface area contributed by atoms with Gasteiger partial charge in [0, 0.05) is 26.7 Å². The van der Waals surface area contributed by atoms with Crippen LogP contribution in [0.4, 0.5) is 5.82 Å². The van der Waals surface area contributed by atoms with Crippen LogP contribution in [0.25, 0.3) is 0 Å². The average molecular weight is 234 g/mol. The molecule has 17 heavy (non-hydrogen) atoms. The molecule has 0 bridgehead atoms. The summed E-state index contributed by atoms with van der Waals surface area (Å²) in [5, 5.41) is 11.9. The highest BCUT2D eigenvalue weighted by molar-refractivity contribution is 5.38. The molecule has 0 unspecified atom stereocenters. The number of nitrogens with zero attached hydrogens (tertiary/aromatic N) is 3. The summed E-state index contributed by atoms with van der Waals surface area (Å²) in [6, 6.07) is 7.39. The third kappa shape index (κ3) is 5.29. The smallest absolute Gasteiger partial charge is 0.142 e. The van der Waals surface area contributed by atoms with Crippen LogP contribution in [0.15, 0.2) is 18.2 Å². The summed E-state index contributed by atoms with van der Waals surface area (Å²) in [7, 11) is 3.74. The Morgan fingerprint density at radius 2 is 2.29 bits per heavy atom. The Kier molecular flexibility index (Phi) is 6.00. The number of hydrogen-bond donors (Lipinski definition) is 1. The van der Waals surface area contributed by atoms with Gasteiger partial charge in [-0.1, -0.05) is 6.07 Å². The third-order valence-electron chi connectivity index (χ3n) is 2.34. The molecular weight excluding hydrogens is 216 g/mol. The maximum atomic E-state index is 8.71. The standard InChI is InChI=1S/C12H18N4O/c1-16(8-9-17-2)7-6-14-12-5-3-4-11(10-13)15-12/h3-5H,6-9H2,1-2H3,(H,14,15). The molecular formula is C12H18N4O. The molecule has 5 nitrogen and oxygen atoms in total. The molecule has 0 aromatic carbocycles. The van der Waals surface area contributed by atoms with E-state index in [0.29, 0.717) is 5.69 Å². The van der Waals surface area contributed by atoms with E-state index in [4.69, 9.17) is 10.00 Å². The second-order valence-corrected chi connectivity index (χ2v) is 3.74. The van der Waals surface area contributed by atoms with Gasteiger partial charge in [-0.3, -0.25) is 0 Å². The Labute approximate surface area is 102 Å². The van der Waals surface area contributed by atoms with Crippen LogP contribution < -0.4 is 5.32 Å². The summed E-state index contributed by atoms with van der Waals surface area (Å²) in [5.41, 5.74) is 0.433. The van der Waals surface area contributed by atoms with Gasteiger partial charge in [0.2, 0.25) is 0 Å². The summed E-state index contributed by atoms with van der Waals surface area (Å²) in [6.45, 7) is 3.34. The second-order valence-electron chi connectivity index (χ2n) is 3.74. The summed E-state index contributed by atoms with van der Waals surface area (Å²) < 4.78 is 5.00. The van der Waals surface area contributed by atoms with Crippen molar-refractivity contribution < 1.29 is 4.74 Å². The number of nitrogens with one attached hydrogen (secondary N) is 1. The molecule has 0 saturated heterocycles. The summed E-state index contributed by atoms with van der Waals surface area (Å²) in [4.78, 5) is 6.31. The zero-order valence-corrected chi connectivity index (χ0v) is 10.3. The molecule has 5 heteroatoms.